The van der Waals surface area contributed by atoms with E-state index in [1.807, 2.05) is 0 Å². The summed E-state index contributed by atoms with van der Waals surface area (Å²) >= 11 is 0. The number of fused-ring (bicyclic) bond motifs is 1. The van der Waals surface area contributed by atoms with Gasteiger partial charge in [0.15, 0.2) is 0 Å². The van der Waals surface area contributed by atoms with Crippen LogP contribution in [0.5, 0.6) is 0 Å². The first-order chi connectivity index (χ1) is 12.1. The summed E-state index contributed by atoms with van der Waals surface area (Å²) in [6.45, 7) is 0. The molecule has 3 rings (SSSR count). The summed E-state index contributed by atoms with van der Waals surface area (Å²) in [5.74, 6) is -1.44. The van der Waals surface area contributed by atoms with Crippen molar-refractivity contribution in [1.82, 2.24) is 4.40 Å². The molecule has 0 bridgehead atoms. The molecular weight excluding hydrogens is 322 g/mol. The molecule has 25 heavy (non-hydrogen) atoms. The third-order valence-electron chi connectivity index (χ3n) is 3.85. The molecule has 0 spiro atoms. The van der Waals surface area contributed by atoms with Crippen LogP contribution in [0.25, 0.3) is 5.52 Å². The standard InChI is InChI=1S/C19H15NO5/c1-24-18(22)13-8-9-20-14(10-13)11-15(19(23)25-2)16(20)17(21)12-6-4-3-5-7-12/h3-11H,1-2H3. The number of carbonyl (C=O) groups is 3. The summed E-state index contributed by atoms with van der Waals surface area (Å²) in [5.41, 5.74) is 1.61. The van der Waals surface area contributed by atoms with Gasteiger partial charge in [-0.15, -0.1) is 0 Å². The van der Waals surface area contributed by atoms with Crippen molar-refractivity contribution >= 4 is 23.2 Å². The van der Waals surface area contributed by atoms with Crippen molar-refractivity contribution < 1.29 is 23.9 Å². The average Bonchev–Trinajstić information content (AvgIpc) is 3.05. The van der Waals surface area contributed by atoms with E-state index in [1.165, 1.54) is 26.4 Å². The lowest BCUT2D eigenvalue weighted by molar-refractivity contribution is 0.0590. The Bertz CT molecular complexity index is 972. The number of hydrogen-bond acceptors (Lipinski definition) is 5. The van der Waals surface area contributed by atoms with E-state index in [-0.39, 0.29) is 17.0 Å². The number of hydrogen-bond donors (Lipinski definition) is 0. The third-order valence-corrected chi connectivity index (χ3v) is 3.85. The van der Waals surface area contributed by atoms with Gasteiger partial charge in [-0.1, -0.05) is 30.3 Å². The Morgan fingerprint density at radius 1 is 0.840 bits per heavy atom. The van der Waals surface area contributed by atoms with Crippen molar-refractivity contribution in [3.63, 3.8) is 0 Å². The number of nitrogens with zero attached hydrogens (tertiary/aromatic N) is 1. The van der Waals surface area contributed by atoms with Crippen molar-refractivity contribution in [3.05, 3.63) is 77.1 Å². The van der Waals surface area contributed by atoms with Crippen LogP contribution < -0.4 is 0 Å². The number of benzene rings is 1. The SMILES string of the molecule is COC(=O)c1ccn2c(C(=O)c3ccccc3)c(C(=O)OC)cc2c1. The van der Waals surface area contributed by atoms with Crippen molar-refractivity contribution in [1.29, 1.82) is 0 Å². The van der Waals surface area contributed by atoms with Gasteiger partial charge in [0.1, 0.15) is 5.69 Å². The second-order valence-corrected chi connectivity index (χ2v) is 5.30. The normalized spacial score (nSPS) is 10.5. The molecule has 1 aromatic carbocycles. The number of pyridine rings is 1. The second-order valence-electron chi connectivity index (χ2n) is 5.30. The number of esters is 2. The highest BCUT2D eigenvalue weighted by Gasteiger charge is 2.24. The maximum Gasteiger partial charge on any atom is 0.340 e. The highest BCUT2D eigenvalue weighted by atomic mass is 16.5. The molecule has 0 fully saturated rings. The van der Waals surface area contributed by atoms with E-state index in [2.05, 4.69) is 0 Å². The largest absolute Gasteiger partial charge is 0.465 e. The summed E-state index contributed by atoms with van der Waals surface area (Å²) in [6, 6.07) is 13.2. The van der Waals surface area contributed by atoms with Crippen molar-refractivity contribution in [2.24, 2.45) is 0 Å². The van der Waals surface area contributed by atoms with Crippen LogP contribution in [-0.2, 0) is 9.47 Å². The van der Waals surface area contributed by atoms with Gasteiger partial charge in [0, 0.05) is 17.3 Å². The molecule has 0 atom stereocenters. The van der Waals surface area contributed by atoms with Crippen molar-refractivity contribution in [3.8, 4) is 0 Å². The minimum atomic E-state index is -0.623. The van der Waals surface area contributed by atoms with Crippen LogP contribution in [0.1, 0.15) is 36.8 Å². The molecule has 0 radical (unpaired) electrons. The van der Waals surface area contributed by atoms with Gasteiger partial charge in [-0.3, -0.25) is 4.79 Å². The Morgan fingerprint density at radius 3 is 2.16 bits per heavy atom. The molecule has 0 amide bonds. The number of methoxy groups -OCH3 is 2. The Morgan fingerprint density at radius 2 is 1.52 bits per heavy atom. The number of ether oxygens (including phenoxy) is 2. The molecule has 0 unspecified atom stereocenters. The number of aromatic nitrogens is 1. The van der Waals surface area contributed by atoms with E-state index in [1.54, 1.807) is 47.0 Å². The number of rotatable bonds is 4. The van der Waals surface area contributed by atoms with E-state index in [0.717, 1.165) is 0 Å². The molecule has 0 saturated heterocycles. The molecule has 3 aromatic rings. The first-order valence-corrected chi connectivity index (χ1v) is 7.48. The van der Waals surface area contributed by atoms with Crippen molar-refractivity contribution in [2.75, 3.05) is 14.2 Å². The van der Waals surface area contributed by atoms with Crippen LogP contribution in [0, 0.1) is 0 Å². The zero-order valence-corrected chi connectivity index (χ0v) is 13.7. The smallest absolute Gasteiger partial charge is 0.340 e. The topological polar surface area (TPSA) is 74.1 Å². The molecule has 2 aromatic heterocycles. The Kier molecular flexibility index (Phi) is 4.35. The molecule has 0 N–H and O–H groups in total. The van der Waals surface area contributed by atoms with E-state index in [9.17, 15) is 14.4 Å². The van der Waals surface area contributed by atoms with Gasteiger partial charge in [0.05, 0.1) is 25.3 Å². The summed E-state index contributed by atoms with van der Waals surface area (Å²) < 4.78 is 11.1. The summed E-state index contributed by atoms with van der Waals surface area (Å²) in [5, 5.41) is 0. The Balaban J connectivity index is 2.23. The van der Waals surface area contributed by atoms with Crippen LogP contribution >= 0.6 is 0 Å². The van der Waals surface area contributed by atoms with Crippen LogP contribution in [0.3, 0.4) is 0 Å². The molecule has 2 heterocycles. The van der Waals surface area contributed by atoms with Crippen LogP contribution in [0.15, 0.2) is 54.7 Å². The zero-order valence-electron chi connectivity index (χ0n) is 13.7. The minimum Gasteiger partial charge on any atom is -0.465 e. The molecule has 0 aliphatic rings. The quantitative estimate of drug-likeness (QED) is 0.540. The highest BCUT2D eigenvalue weighted by molar-refractivity contribution is 6.14. The first-order valence-electron chi connectivity index (χ1n) is 7.48. The van der Waals surface area contributed by atoms with Gasteiger partial charge >= 0.3 is 11.9 Å². The molecule has 0 aliphatic carbocycles. The van der Waals surface area contributed by atoms with Gasteiger partial charge in [0.25, 0.3) is 0 Å². The van der Waals surface area contributed by atoms with Crippen LogP contribution in [-0.4, -0.2) is 36.3 Å². The second kappa shape index (κ2) is 6.60. The van der Waals surface area contributed by atoms with E-state index < -0.39 is 11.9 Å². The first kappa shape index (κ1) is 16.4. The fourth-order valence-electron chi connectivity index (χ4n) is 2.65. The molecule has 0 aliphatic heterocycles. The van der Waals surface area contributed by atoms with Gasteiger partial charge in [-0.25, -0.2) is 9.59 Å². The van der Waals surface area contributed by atoms with E-state index in [0.29, 0.717) is 16.6 Å². The van der Waals surface area contributed by atoms with Gasteiger partial charge < -0.3 is 13.9 Å². The monoisotopic (exact) mass is 337 g/mol. The Labute approximate surface area is 143 Å². The van der Waals surface area contributed by atoms with E-state index >= 15 is 0 Å². The maximum absolute atomic E-state index is 12.9. The van der Waals surface area contributed by atoms with Crippen LogP contribution in [0.2, 0.25) is 0 Å². The molecule has 0 saturated carbocycles. The fraction of sp³-hybridized carbons (Fsp3) is 0.105. The van der Waals surface area contributed by atoms with Gasteiger partial charge in [-0.05, 0) is 18.2 Å². The maximum atomic E-state index is 12.9. The molecule has 6 nitrogen and oxygen atoms in total. The van der Waals surface area contributed by atoms with Gasteiger partial charge in [-0.2, -0.15) is 0 Å². The van der Waals surface area contributed by atoms with E-state index in [4.69, 9.17) is 9.47 Å². The highest BCUT2D eigenvalue weighted by Crippen LogP contribution is 2.22. The lowest BCUT2D eigenvalue weighted by atomic mass is 10.1. The van der Waals surface area contributed by atoms with Crippen LogP contribution in [0.4, 0.5) is 0 Å². The lowest BCUT2D eigenvalue weighted by Gasteiger charge is -2.06. The fourth-order valence-corrected chi connectivity index (χ4v) is 2.65. The lowest BCUT2D eigenvalue weighted by Crippen LogP contribution is -2.12. The minimum absolute atomic E-state index is 0.137. The predicted octanol–water partition coefficient (Wildman–Crippen LogP) is 2.74. The third kappa shape index (κ3) is 2.89. The summed E-state index contributed by atoms with van der Waals surface area (Å²) in [4.78, 5) is 36.8. The zero-order chi connectivity index (χ0) is 18.0. The number of carbonyl (C=O) groups excluding carboxylic acids is 3. The average molecular weight is 337 g/mol. The molecule has 6 heteroatoms. The summed E-state index contributed by atoms with van der Waals surface area (Å²) in [6.07, 6.45) is 1.56. The molecule has 126 valence electrons. The van der Waals surface area contributed by atoms with Gasteiger partial charge in [0.2, 0.25) is 5.78 Å². The van der Waals surface area contributed by atoms with Crippen molar-refractivity contribution in [2.45, 2.75) is 0 Å². The molecular formula is C19H15NO5. The predicted molar refractivity (Wildman–Crippen MR) is 90.0 cm³/mol. The number of ketones is 1. The Hall–Kier alpha value is -3.41. The summed E-state index contributed by atoms with van der Waals surface area (Å²) in [7, 11) is 2.54.